The van der Waals surface area contributed by atoms with Crippen LogP contribution in [0.2, 0.25) is 0 Å². The van der Waals surface area contributed by atoms with Crippen molar-refractivity contribution in [3.05, 3.63) is 58.1 Å². The molecule has 3 rings (SSSR count). The summed E-state index contributed by atoms with van der Waals surface area (Å²) in [6, 6.07) is 12.4. The van der Waals surface area contributed by atoms with E-state index < -0.39 is 5.91 Å². The van der Waals surface area contributed by atoms with Gasteiger partial charge in [-0.1, -0.05) is 35.0 Å². The molecular formula is C23H27BrN4O3S. The lowest BCUT2D eigenvalue weighted by atomic mass is 10.1. The number of benzene rings is 2. The molecule has 1 heterocycles. The first-order chi connectivity index (χ1) is 15.4. The van der Waals surface area contributed by atoms with Gasteiger partial charge in [0.05, 0.1) is 23.4 Å². The fourth-order valence-corrected chi connectivity index (χ4v) is 3.86. The van der Waals surface area contributed by atoms with Gasteiger partial charge in [-0.2, -0.15) is 0 Å². The monoisotopic (exact) mass is 518 g/mol. The number of piperazine rings is 1. The predicted molar refractivity (Wildman–Crippen MR) is 133 cm³/mol. The maximum atomic E-state index is 13.0. The van der Waals surface area contributed by atoms with Crippen LogP contribution in [-0.2, 0) is 0 Å². The Morgan fingerprint density at radius 2 is 1.81 bits per heavy atom. The first-order valence-corrected chi connectivity index (χ1v) is 11.7. The highest BCUT2D eigenvalue weighted by molar-refractivity contribution is 9.10. The van der Waals surface area contributed by atoms with Crippen LogP contribution in [0.1, 0.15) is 34.1 Å². The van der Waals surface area contributed by atoms with E-state index >= 15 is 0 Å². The summed E-state index contributed by atoms with van der Waals surface area (Å²) >= 11 is 8.76. The molecule has 0 aromatic heterocycles. The van der Waals surface area contributed by atoms with Crippen LogP contribution in [0.25, 0.3) is 0 Å². The molecule has 7 nitrogen and oxygen atoms in total. The Kier molecular flexibility index (Phi) is 8.60. The van der Waals surface area contributed by atoms with Crippen LogP contribution in [0, 0.1) is 0 Å². The molecule has 2 N–H and O–H groups in total. The number of amides is 2. The molecule has 0 aliphatic carbocycles. The summed E-state index contributed by atoms with van der Waals surface area (Å²) in [5.41, 5.74) is 1.44. The minimum absolute atomic E-state index is 0.0578. The maximum absolute atomic E-state index is 13.0. The van der Waals surface area contributed by atoms with Gasteiger partial charge in [-0.15, -0.1) is 0 Å². The Balaban J connectivity index is 1.70. The number of rotatable bonds is 6. The van der Waals surface area contributed by atoms with E-state index in [0.29, 0.717) is 42.3 Å². The lowest BCUT2D eigenvalue weighted by Gasteiger charge is -2.32. The second-order valence-corrected chi connectivity index (χ2v) is 8.86. The average molecular weight is 519 g/mol. The molecule has 170 valence electrons. The van der Waals surface area contributed by atoms with E-state index in [4.69, 9.17) is 17.0 Å². The normalized spacial score (nSPS) is 14.0. The van der Waals surface area contributed by atoms with Crippen LogP contribution >= 0.6 is 28.1 Å². The van der Waals surface area contributed by atoms with Crippen LogP contribution in [-0.4, -0.2) is 66.6 Å². The van der Waals surface area contributed by atoms with E-state index in [0.717, 1.165) is 24.0 Å². The molecule has 1 saturated heterocycles. The fraction of sp³-hybridized carbons (Fsp3) is 0.348. The number of carbonyl (C=O) groups is 2. The SMILES string of the molecule is CCCOc1ccc(Br)cc1C(=O)NC(=S)Nc1ccccc1C(=O)N1CCN(C)CC1. The molecule has 0 radical (unpaired) electrons. The first-order valence-electron chi connectivity index (χ1n) is 10.5. The van der Waals surface area contributed by atoms with Gasteiger partial charge in [-0.3, -0.25) is 14.9 Å². The van der Waals surface area contributed by atoms with E-state index in [1.165, 1.54) is 0 Å². The third-order valence-corrected chi connectivity index (χ3v) is 5.77. The standard InChI is InChI=1S/C23H27BrN4O3S/c1-3-14-31-20-9-8-16(24)15-18(20)21(29)26-23(32)25-19-7-5-4-6-17(19)22(30)28-12-10-27(2)11-13-28/h4-9,15H,3,10-14H2,1-2H3,(H2,25,26,29,32). The van der Waals surface area contributed by atoms with E-state index in [9.17, 15) is 9.59 Å². The molecule has 0 atom stereocenters. The van der Waals surface area contributed by atoms with Crippen molar-refractivity contribution in [1.82, 2.24) is 15.1 Å². The third-order valence-electron chi connectivity index (χ3n) is 5.07. The highest BCUT2D eigenvalue weighted by atomic mass is 79.9. The Bertz CT molecular complexity index is 993. The first kappa shape index (κ1) is 24.2. The second-order valence-electron chi connectivity index (χ2n) is 7.54. The van der Waals surface area contributed by atoms with Gasteiger partial charge >= 0.3 is 0 Å². The number of carbonyl (C=O) groups excluding carboxylic acids is 2. The van der Waals surface area contributed by atoms with Gasteiger partial charge in [-0.05, 0) is 56.0 Å². The molecule has 0 spiro atoms. The quantitative estimate of drug-likeness (QED) is 0.567. The van der Waals surface area contributed by atoms with E-state index in [1.54, 1.807) is 24.3 Å². The molecular weight excluding hydrogens is 492 g/mol. The maximum Gasteiger partial charge on any atom is 0.261 e. The Labute approximate surface area is 202 Å². The summed E-state index contributed by atoms with van der Waals surface area (Å²) < 4.78 is 6.45. The van der Waals surface area contributed by atoms with Crippen LogP contribution in [0.15, 0.2) is 46.9 Å². The molecule has 1 aliphatic rings. The lowest BCUT2D eigenvalue weighted by Crippen LogP contribution is -2.47. The average Bonchev–Trinajstić information content (AvgIpc) is 2.78. The van der Waals surface area contributed by atoms with Crippen molar-refractivity contribution >= 4 is 50.8 Å². The summed E-state index contributed by atoms with van der Waals surface area (Å²) in [5.74, 6) is 0.0383. The summed E-state index contributed by atoms with van der Waals surface area (Å²) in [5, 5.41) is 5.80. The van der Waals surface area contributed by atoms with Crippen molar-refractivity contribution < 1.29 is 14.3 Å². The molecule has 1 fully saturated rings. The number of nitrogens with zero attached hydrogens (tertiary/aromatic N) is 2. The number of hydrogen-bond donors (Lipinski definition) is 2. The van der Waals surface area contributed by atoms with Gasteiger partial charge in [0.25, 0.3) is 11.8 Å². The van der Waals surface area contributed by atoms with Crippen LogP contribution in [0.4, 0.5) is 5.69 Å². The zero-order valence-corrected chi connectivity index (χ0v) is 20.6. The van der Waals surface area contributed by atoms with Crippen molar-refractivity contribution in [2.24, 2.45) is 0 Å². The van der Waals surface area contributed by atoms with E-state index in [-0.39, 0.29) is 11.0 Å². The predicted octanol–water partition coefficient (Wildman–Crippen LogP) is 3.75. The van der Waals surface area contributed by atoms with Crippen molar-refractivity contribution in [3.63, 3.8) is 0 Å². The Morgan fingerprint density at radius 3 is 2.53 bits per heavy atom. The van der Waals surface area contributed by atoms with Crippen molar-refractivity contribution in [3.8, 4) is 5.75 Å². The number of para-hydroxylation sites is 1. The topological polar surface area (TPSA) is 73.9 Å². The number of likely N-dealkylation sites (N-methyl/N-ethyl adjacent to an activating group) is 1. The Hall–Kier alpha value is -2.49. The zero-order valence-electron chi connectivity index (χ0n) is 18.2. The van der Waals surface area contributed by atoms with Crippen molar-refractivity contribution in [1.29, 1.82) is 0 Å². The van der Waals surface area contributed by atoms with E-state index in [2.05, 4.69) is 31.5 Å². The number of halogens is 1. The summed E-state index contributed by atoms with van der Waals surface area (Å²) in [4.78, 5) is 29.9. The highest BCUT2D eigenvalue weighted by Crippen LogP contribution is 2.24. The molecule has 2 aromatic rings. The van der Waals surface area contributed by atoms with Gasteiger partial charge in [0.15, 0.2) is 5.11 Å². The Morgan fingerprint density at radius 1 is 1.09 bits per heavy atom. The van der Waals surface area contributed by atoms with Crippen molar-refractivity contribution in [2.75, 3.05) is 45.2 Å². The van der Waals surface area contributed by atoms with E-state index in [1.807, 2.05) is 37.1 Å². The van der Waals surface area contributed by atoms with Crippen LogP contribution in [0.3, 0.4) is 0 Å². The summed E-state index contributed by atoms with van der Waals surface area (Å²) in [7, 11) is 2.04. The minimum Gasteiger partial charge on any atom is -0.493 e. The summed E-state index contributed by atoms with van der Waals surface area (Å²) in [6.07, 6.45) is 0.829. The van der Waals surface area contributed by atoms with Crippen molar-refractivity contribution in [2.45, 2.75) is 13.3 Å². The molecule has 0 bridgehead atoms. The number of nitrogens with one attached hydrogen (secondary N) is 2. The lowest BCUT2D eigenvalue weighted by molar-refractivity contribution is 0.0665. The number of anilines is 1. The molecule has 0 unspecified atom stereocenters. The molecule has 2 amide bonds. The summed E-state index contributed by atoms with van der Waals surface area (Å²) in [6.45, 7) is 5.53. The molecule has 0 saturated carbocycles. The smallest absolute Gasteiger partial charge is 0.261 e. The number of ether oxygens (including phenoxy) is 1. The third kappa shape index (κ3) is 6.27. The van der Waals surface area contributed by atoms with Gasteiger partial charge in [0.2, 0.25) is 0 Å². The van der Waals surface area contributed by atoms with Gasteiger partial charge in [0, 0.05) is 30.7 Å². The van der Waals surface area contributed by atoms with Crippen LogP contribution < -0.4 is 15.4 Å². The van der Waals surface area contributed by atoms with Gasteiger partial charge in [0.1, 0.15) is 5.75 Å². The molecule has 9 heteroatoms. The zero-order chi connectivity index (χ0) is 23.1. The fourth-order valence-electron chi connectivity index (χ4n) is 3.30. The molecule has 32 heavy (non-hydrogen) atoms. The minimum atomic E-state index is -0.391. The van der Waals surface area contributed by atoms with Gasteiger partial charge < -0.3 is 19.9 Å². The molecule has 1 aliphatic heterocycles. The highest BCUT2D eigenvalue weighted by Gasteiger charge is 2.23. The number of hydrogen-bond acceptors (Lipinski definition) is 5. The largest absolute Gasteiger partial charge is 0.493 e. The molecule has 2 aromatic carbocycles. The second kappa shape index (κ2) is 11.4. The van der Waals surface area contributed by atoms with Gasteiger partial charge in [-0.25, -0.2) is 0 Å². The van der Waals surface area contributed by atoms with Crippen LogP contribution in [0.5, 0.6) is 5.75 Å². The number of thiocarbonyl (C=S) groups is 1.